The van der Waals surface area contributed by atoms with Crippen LogP contribution >= 0.6 is 11.3 Å². The number of rotatable bonds is 6. The highest BCUT2D eigenvalue weighted by atomic mass is 32.1. The normalized spacial score (nSPS) is 16.7. The molecule has 150 valence electrons. The van der Waals surface area contributed by atoms with Crippen LogP contribution in [0.2, 0.25) is 0 Å². The fraction of sp³-hybridized carbons (Fsp3) is 0.333. The van der Waals surface area contributed by atoms with Gasteiger partial charge in [0.1, 0.15) is 5.82 Å². The Morgan fingerprint density at radius 2 is 2.14 bits per heavy atom. The van der Waals surface area contributed by atoms with E-state index in [1.807, 2.05) is 11.4 Å². The average Bonchev–Trinajstić information content (AvgIpc) is 3.44. The summed E-state index contributed by atoms with van der Waals surface area (Å²) in [5.74, 6) is 0.333. The van der Waals surface area contributed by atoms with Gasteiger partial charge >= 0.3 is 0 Å². The molecule has 1 aliphatic heterocycles. The Morgan fingerprint density at radius 1 is 1.24 bits per heavy atom. The number of hydrogen-bond acceptors (Lipinski definition) is 6. The first-order valence-corrected chi connectivity index (χ1v) is 10.4. The van der Waals surface area contributed by atoms with E-state index in [0.29, 0.717) is 35.2 Å². The second-order valence-corrected chi connectivity index (χ2v) is 7.99. The van der Waals surface area contributed by atoms with E-state index >= 15 is 0 Å². The minimum Gasteiger partial charge on any atom is -0.342 e. The largest absolute Gasteiger partial charge is 0.342 e. The van der Waals surface area contributed by atoms with Gasteiger partial charge in [0.25, 0.3) is 0 Å². The molecule has 3 aromatic rings. The Balaban J connectivity index is 1.37. The zero-order valence-corrected chi connectivity index (χ0v) is 16.5. The number of carbonyl (C=O) groups is 2. The lowest BCUT2D eigenvalue weighted by Crippen LogP contribution is -2.39. The molecule has 3 heterocycles. The van der Waals surface area contributed by atoms with Gasteiger partial charge in [-0.25, -0.2) is 4.39 Å². The van der Waals surface area contributed by atoms with Gasteiger partial charge in [-0.15, -0.1) is 11.3 Å². The van der Waals surface area contributed by atoms with E-state index in [-0.39, 0.29) is 36.3 Å². The van der Waals surface area contributed by atoms with Gasteiger partial charge in [0.2, 0.25) is 17.6 Å². The van der Waals surface area contributed by atoms with Crippen molar-refractivity contribution in [3.63, 3.8) is 0 Å². The smallest absolute Gasteiger partial charge is 0.231 e. The van der Waals surface area contributed by atoms with Gasteiger partial charge in [0, 0.05) is 31.5 Å². The van der Waals surface area contributed by atoms with E-state index in [4.69, 9.17) is 4.52 Å². The second kappa shape index (κ2) is 8.65. The molecule has 29 heavy (non-hydrogen) atoms. The standard InChI is InChI=1S/C21H20FN3O3S/c22-16-6-1-4-14(12-16)20-23-21(28-24-20)15-5-2-10-25(13-15)19(27)9-8-17(26)18-7-3-11-29-18/h1,3-4,6-7,11-12,15H,2,5,8-10,13H2. The summed E-state index contributed by atoms with van der Waals surface area (Å²) >= 11 is 1.39. The highest BCUT2D eigenvalue weighted by Crippen LogP contribution is 2.28. The van der Waals surface area contributed by atoms with Crippen molar-refractivity contribution in [3.8, 4) is 11.4 Å². The summed E-state index contributed by atoms with van der Waals surface area (Å²) in [7, 11) is 0. The molecule has 1 fully saturated rings. The molecule has 0 saturated carbocycles. The number of nitrogens with zero attached hydrogens (tertiary/aromatic N) is 3. The van der Waals surface area contributed by atoms with Crippen LogP contribution < -0.4 is 0 Å². The number of hydrogen-bond donors (Lipinski definition) is 0. The Hall–Kier alpha value is -2.87. The Labute approximate surface area is 171 Å². The quantitative estimate of drug-likeness (QED) is 0.563. The Kier molecular flexibility index (Phi) is 5.80. The van der Waals surface area contributed by atoms with Gasteiger partial charge in [-0.1, -0.05) is 23.4 Å². The number of ketones is 1. The molecule has 1 aliphatic rings. The maximum atomic E-state index is 13.4. The molecular formula is C21H20FN3O3S. The summed E-state index contributed by atoms with van der Waals surface area (Å²) in [6.45, 7) is 1.14. The SMILES string of the molecule is O=C(CCC(=O)N1CCCC(c2nc(-c3cccc(F)c3)no2)C1)c1cccs1. The van der Waals surface area contributed by atoms with Gasteiger partial charge in [0.05, 0.1) is 10.8 Å². The zero-order valence-electron chi connectivity index (χ0n) is 15.7. The van der Waals surface area contributed by atoms with Crippen LogP contribution in [0.25, 0.3) is 11.4 Å². The third-order valence-corrected chi connectivity index (χ3v) is 5.92. The van der Waals surface area contributed by atoms with Gasteiger partial charge in [-0.2, -0.15) is 4.98 Å². The molecule has 1 saturated heterocycles. The van der Waals surface area contributed by atoms with Crippen molar-refractivity contribution in [2.24, 2.45) is 0 Å². The van der Waals surface area contributed by atoms with Crippen molar-refractivity contribution in [1.82, 2.24) is 15.0 Å². The lowest BCUT2D eigenvalue weighted by atomic mass is 9.97. The van der Waals surface area contributed by atoms with E-state index in [0.717, 1.165) is 12.8 Å². The number of amides is 1. The van der Waals surface area contributed by atoms with Gasteiger partial charge in [-0.3, -0.25) is 9.59 Å². The molecule has 1 aromatic carbocycles. The van der Waals surface area contributed by atoms with E-state index in [1.54, 1.807) is 23.1 Å². The molecule has 0 N–H and O–H groups in total. The molecule has 1 unspecified atom stereocenters. The van der Waals surface area contributed by atoms with Gasteiger partial charge < -0.3 is 9.42 Å². The number of likely N-dealkylation sites (tertiary alicyclic amines) is 1. The maximum Gasteiger partial charge on any atom is 0.231 e. The van der Waals surface area contributed by atoms with Crippen molar-refractivity contribution in [2.45, 2.75) is 31.6 Å². The summed E-state index contributed by atoms with van der Waals surface area (Å²) in [6, 6.07) is 9.64. The van der Waals surface area contributed by atoms with Crippen molar-refractivity contribution < 1.29 is 18.5 Å². The zero-order chi connectivity index (χ0) is 20.2. The summed E-state index contributed by atoms with van der Waals surface area (Å²) in [5.41, 5.74) is 0.552. The van der Waals surface area contributed by atoms with Gasteiger partial charge in [0.15, 0.2) is 5.78 Å². The predicted octanol–water partition coefficient (Wildman–Crippen LogP) is 4.31. The fourth-order valence-corrected chi connectivity index (χ4v) is 4.18. The Bertz CT molecular complexity index is 1000. The van der Waals surface area contributed by atoms with Crippen LogP contribution in [-0.2, 0) is 4.79 Å². The predicted molar refractivity (Wildman–Crippen MR) is 106 cm³/mol. The van der Waals surface area contributed by atoms with Crippen LogP contribution in [0.1, 0.15) is 47.2 Å². The molecule has 1 atom stereocenters. The van der Waals surface area contributed by atoms with Crippen molar-refractivity contribution in [1.29, 1.82) is 0 Å². The minimum atomic E-state index is -0.361. The lowest BCUT2D eigenvalue weighted by Gasteiger charge is -2.31. The van der Waals surface area contributed by atoms with E-state index in [2.05, 4.69) is 10.1 Å². The number of piperidine rings is 1. The molecule has 0 bridgehead atoms. The molecule has 1 amide bonds. The van der Waals surface area contributed by atoms with Crippen LogP contribution in [0, 0.1) is 5.82 Å². The molecule has 0 aliphatic carbocycles. The molecule has 0 radical (unpaired) electrons. The molecule has 4 rings (SSSR count). The molecular weight excluding hydrogens is 393 g/mol. The lowest BCUT2D eigenvalue weighted by molar-refractivity contribution is -0.132. The third-order valence-electron chi connectivity index (χ3n) is 5.01. The maximum absolute atomic E-state index is 13.4. The first-order chi connectivity index (χ1) is 14.1. The highest BCUT2D eigenvalue weighted by molar-refractivity contribution is 7.12. The van der Waals surface area contributed by atoms with E-state index in [9.17, 15) is 14.0 Å². The summed E-state index contributed by atoms with van der Waals surface area (Å²) in [6.07, 6.45) is 2.07. The molecule has 2 aromatic heterocycles. The van der Waals surface area contributed by atoms with Gasteiger partial charge in [-0.05, 0) is 36.4 Å². The first-order valence-electron chi connectivity index (χ1n) is 9.54. The summed E-state index contributed by atoms with van der Waals surface area (Å²) in [4.78, 5) is 31.6. The van der Waals surface area contributed by atoms with Crippen LogP contribution in [0.3, 0.4) is 0 Å². The molecule has 0 spiro atoms. The number of halogens is 1. The number of benzene rings is 1. The number of aromatic nitrogens is 2. The van der Waals surface area contributed by atoms with Crippen molar-refractivity contribution >= 4 is 23.0 Å². The topological polar surface area (TPSA) is 76.3 Å². The summed E-state index contributed by atoms with van der Waals surface area (Å²) < 4.78 is 18.8. The molecule has 6 nitrogen and oxygen atoms in total. The van der Waals surface area contributed by atoms with Crippen LogP contribution in [0.15, 0.2) is 46.3 Å². The van der Waals surface area contributed by atoms with Crippen LogP contribution in [0.4, 0.5) is 4.39 Å². The van der Waals surface area contributed by atoms with Crippen LogP contribution in [-0.4, -0.2) is 39.8 Å². The average molecular weight is 413 g/mol. The number of thiophene rings is 1. The van der Waals surface area contributed by atoms with Crippen molar-refractivity contribution in [2.75, 3.05) is 13.1 Å². The van der Waals surface area contributed by atoms with Crippen LogP contribution in [0.5, 0.6) is 0 Å². The van der Waals surface area contributed by atoms with Crippen molar-refractivity contribution in [3.05, 3.63) is 58.4 Å². The summed E-state index contributed by atoms with van der Waals surface area (Å²) in [5, 5.41) is 5.81. The minimum absolute atomic E-state index is 0.00135. The van der Waals surface area contributed by atoms with E-state index in [1.165, 1.54) is 23.5 Å². The first kappa shape index (κ1) is 19.4. The molecule has 8 heteroatoms. The monoisotopic (exact) mass is 413 g/mol. The Morgan fingerprint density at radius 3 is 2.93 bits per heavy atom. The number of Topliss-reactive ketones (excluding diaryl/α,β-unsaturated/α-hetero) is 1. The number of carbonyl (C=O) groups excluding carboxylic acids is 2. The highest BCUT2D eigenvalue weighted by Gasteiger charge is 2.29. The third kappa shape index (κ3) is 4.59. The fourth-order valence-electron chi connectivity index (χ4n) is 3.49. The second-order valence-electron chi connectivity index (χ2n) is 7.05. The van der Waals surface area contributed by atoms with E-state index < -0.39 is 0 Å².